The Bertz CT molecular complexity index is 1170. The lowest BCUT2D eigenvalue weighted by molar-refractivity contribution is 0.0268. The average Bonchev–Trinajstić information content (AvgIpc) is 2.79. The van der Waals surface area contributed by atoms with Crippen molar-refractivity contribution < 1.29 is 28.2 Å². The minimum absolute atomic E-state index is 0.0826. The molecule has 2 amide bonds. The molecule has 1 aromatic heterocycles. The summed E-state index contributed by atoms with van der Waals surface area (Å²) in [6, 6.07) is 1.49. The van der Waals surface area contributed by atoms with Crippen LogP contribution in [0.3, 0.4) is 0 Å². The first-order valence-electron chi connectivity index (χ1n) is 10.9. The molecule has 3 rings (SSSR count). The highest BCUT2D eigenvalue weighted by Gasteiger charge is 2.36. The molecule has 1 aliphatic heterocycles. The summed E-state index contributed by atoms with van der Waals surface area (Å²) in [5.74, 6) is -4.24. The van der Waals surface area contributed by atoms with Crippen molar-refractivity contribution in [3.63, 3.8) is 0 Å². The fourth-order valence-corrected chi connectivity index (χ4v) is 4.15. The summed E-state index contributed by atoms with van der Waals surface area (Å²) >= 11 is 5.54. The Kier molecular flexibility index (Phi) is 7.93. The molecule has 0 saturated carbocycles. The van der Waals surface area contributed by atoms with E-state index in [0.29, 0.717) is 13.2 Å². The second-order valence-electron chi connectivity index (χ2n) is 8.22. The van der Waals surface area contributed by atoms with Crippen molar-refractivity contribution in [1.29, 1.82) is 0 Å². The van der Waals surface area contributed by atoms with Crippen molar-refractivity contribution in [3.05, 3.63) is 62.0 Å². The van der Waals surface area contributed by atoms with Gasteiger partial charge < -0.3 is 24.6 Å². The second-order valence-corrected chi connectivity index (χ2v) is 8.60. The molecule has 8 nitrogen and oxygen atoms in total. The summed E-state index contributed by atoms with van der Waals surface area (Å²) in [6.07, 6.45) is 2.03. The van der Waals surface area contributed by atoms with Gasteiger partial charge in [0.2, 0.25) is 5.43 Å². The molecule has 0 unspecified atom stereocenters. The number of aromatic nitrogens is 1. The van der Waals surface area contributed by atoms with Crippen molar-refractivity contribution >= 4 is 23.4 Å². The van der Waals surface area contributed by atoms with Gasteiger partial charge in [-0.3, -0.25) is 14.4 Å². The highest BCUT2D eigenvalue weighted by atomic mass is 35.5. The summed E-state index contributed by atoms with van der Waals surface area (Å²) in [4.78, 5) is 40.0. The molecule has 1 aliphatic rings. The normalized spacial score (nSPS) is 16.4. The van der Waals surface area contributed by atoms with Crippen LogP contribution >= 0.6 is 11.6 Å². The molecule has 0 aliphatic carbocycles. The van der Waals surface area contributed by atoms with E-state index in [9.17, 15) is 28.3 Å². The number of fused-ring (bicyclic) bond motifs is 1. The summed E-state index contributed by atoms with van der Waals surface area (Å²) < 4.78 is 34.3. The number of aromatic hydroxyl groups is 1. The molecular formula is C23H26ClF2N3O5. The predicted molar refractivity (Wildman–Crippen MR) is 121 cm³/mol. The molecular weight excluding hydrogens is 472 g/mol. The Labute approximate surface area is 200 Å². The third kappa shape index (κ3) is 4.92. The number of nitrogens with zero attached hydrogens (tertiary/aromatic N) is 2. The van der Waals surface area contributed by atoms with Crippen molar-refractivity contribution in [2.24, 2.45) is 0 Å². The Morgan fingerprint density at radius 2 is 2.06 bits per heavy atom. The van der Waals surface area contributed by atoms with E-state index in [2.05, 4.69) is 5.32 Å². The van der Waals surface area contributed by atoms with E-state index in [-0.39, 0.29) is 36.4 Å². The molecule has 0 saturated heterocycles. The van der Waals surface area contributed by atoms with Crippen molar-refractivity contribution in [3.8, 4) is 5.75 Å². The van der Waals surface area contributed by atoms with Crippen molar-refractivity contribution in [1.82, 2.24) is 14.8 Å². The van der Waals surface area contributed by atoms with Crippen LogP contribution in [-0.4, -0.2) is 51.7 Å². The smallest absolute Gasteiger partial charge is 0.275 e. The number of hydrogen-bond acceptors (Lipinski definition) is 5. The SMILES string of the molecule is CCCOC[C@@H](C)N1C(=O)c2c(O)c(=O)c(C(=O)NCc3ccc(F)c(Cl)c3F)cn2C[C@@H]1C. The van der Waals surface area contributed by atoms with Crippen LogP contribution in [0.2, 0.25) is 5.02 Å². The number of pyridine rings is 1. The third-order valence-corrected chi connectivity index (χ3v) is 5.96. The Balaban J connectivity index is 1.84. The number of ether oxygens (including phenoxy) is 1. The molecule has 0 bridgehead atoms. The highest BCUT2D eigenvalue weighted by Crippen LogP contribution is 2.26. The zero-order valence-electron chi connectivity index (χ0n) is 19.0. The monoisotopic (exact) mass is 497 g/mol. The van der Waals surface area contributed by atoms with E-state index >= 15 is 0 Å². The van der Waals surface area contributed by atoms with Gasteiger partial charge in [-0.2, -0.15) is 0 Å². The summed E-state index contributed by atoms with van der Waals surface area (Å²) in [5.41, 5.74) is -1.74. The van der Waals surface area contributed by atoms with Crippen LogP contribution in [0.5, 0.6) is 5.75 Å². The lowest BCUT2D eigenvalue weighted by Gasteiger charge is -2.39. The van der Waals surface area contributed by atoms with Gasteiger partial charge in [-0.15, -0.1) is 0 Å². The molecule has 0 fully saturated rings. The predicted octanol–water partition coefficient (Wildman–Crippen LogP) is 3.07. The number of nitrogens with one attached hydrogen (secondary N) is 1. The van der Waals surface area contributed by atoms with Gasteiger partial charge in [0.25, 0.3) is 11.8 Å². The molecule has 2 aromatic rings. The van der Waals surface area contributed by atoms with Gasteiger partial charge >= 0.3 is 0 Å². The van der Waals surface area contributed by atoms with Gasteiger partial charge in [-0.25, -0.2) is 8.78 Å². The van der Waals surface area contributed by atoms with Gasteiger partial charge in [0.1, 0.15) is 22.2 Å². The van der Waals surface area contributed by atoms with Crippen LogP contribution in [0.15, 0.2) is 23.1 Å². The van der Waals surface area contributed by atoms with E-state index in [1.807, 2.05) is 20.8 Å². The largest absolute Gasteiger partial charge is 0.503 e. The van der Waals surface area contributed by atoms with Crippen LogP contribution in [0, 0.1) is 11.6 Å². The fraction of sp³-hybridized carbons (Fsp3) is 0.435. The maximum absolute atomic E-state index is 14.1. The first kappa shape index (κ1) is 25.6. The zero-order valence-corrected chi connectivity index (χ0v) is 19.8. The number of rotatable bonds is 8. The maximum atomic E-state index is 14.1. The molecule has 11 heteroatoms. The van der Waals surface area contributed by atoms with Gasteiger partial charge in [0.15, 0.2) is 11.4 Å². The van der Waals surface area contributed by atoms with Crippen LogP contribution in [-0.2, 0) is 17.8 Å². The van der Waals surface area contributed by atoms with E-state index < -0.39 is 45.2 Å². The van der Waals surface area contributed by atoms with Gasteiger partial charge in [-0.1, -0.05) is 24.6 Å². The summed E-state index contributed by atoms with van der Waals surface area (Å²) in [5, 5.41) is 12.2. The van der Waals surface area contributed by atoms with E-state index in [0.717, 1.165) is 18.6 Å². The quantitative estimate of drug-likeness (QED) is 0.431. The molecule has 2 N–H and O–H groups in total. The number of carbonyl (C=O) groups is 2. The standard InChI is InChI=1S/C23H26ClF2N3O5/c1-4-7-34-11-13(3)29-12(2)9-28-10-15(20(30)21(31)19(28)23(29)33)22(32)27-8-14-5-6-16(25)17(24)18(14)26/h5-6,10,12-13,31H,4,7-9,11H2,1-3H3,(H,27,32)/t12-,13+/m0/s1. The molecule has 0 spiro atoms. The van der Waals surface area contributed by atoms with Crippen LogP contribution in [0.4, 0.5) is 8.78 Å². The molecule has 34 heavy (non-hydrogen) atoms. The van der Waals surface area contributed by atoms with Crippen LogP contribution in [0.25, 0.3) is 0 Å². The summed E-state index contributed by atoms with van der Waals surface area (Å²) in [7, 11) is 0. The molecule has 1 aromatic carbocycles. The number of carbonyl (C=O) groups excluding carboxylic acids is 2. The van der Waals surface area contributed by atoms with Gasteiger partial charge in [0.05, 0.1) is 12.6 Å². The number of benzene rings is 1. The van der Waals surface area contributed by atoms with E-state index in [4.69, 9.17) is 16.3 Å². The minimum atomic E-state index is -1.03. The van der Waals surface area contributed by atoms with E-state index in [1.165, 1.54) is 10.8 Å². The van der Waals surface area contributed by atoms with E-state index in [1.54, 1.807) is 4.90 Å². The van der Waals surface area contributed by atoms with Crippen molar-refractivity contribution in [2.75, 3.05) is 13.2 Å². The van der Waals surface area contributed by atoms with Gasteiger partial charge in [-0.05, 0) is 26.3 Å². The van der Waals surface area contributed by atoms with Crippen LogP contribution < -0.4 is 10.7 Å². The first-order chi connectivity index (χ1) is 16.1. The Morgan fingerprint density at radius 1 is 1.35 bits per heavy atom. The highest BCUT2D eigenvalue weighted by molar-refractivity contribution is 6.30. The molecule has 0 radical (unpaired) electrons. The second kappa shape index (κ2) is 10.5. The Hall–Kier alpha value is -2.98. The molecule has 2 heterocycles. The molecule has 184 valence electrons. The average molecular weight is 498 g/mol. The first-order valence-corrected chi connectivity index (χ1v) is 11.2. The lowest BCUT2D eigenvalue weighted by Crippen LogP contribution is -2.53. The Morgan fingerprint density at radius 3 is 2.74 bits per heavy atom. The number of hydrogen-bond donors (Lipinski definition) is 2. The fourth-order valence-electron chi connectivity index (χ4n) is 3.96. The summed E-state index contributed by atoms with van der Waals surface area (Å²) in [6.45, 7) is 6.32. The zero-order chi connectivity index (χ0) is 25.2. The third-order valence-electron chi connectivity index (χ3n) is 5.61. The number of amides is 2. The number of halogens is 3. The molecule has 2 atom stereocenters. The lowest BCUT2D eigenvalue weighted by atomic mass is 10.1. The van der Waals surface area contributed by atoms with Crippen molar-refractivity contribution in [2.45, 2.75) is 52.4 Å². The minimum Gasteiger partial charge on any atom is -0.503 e. The van der Waals surface area contributed by atoms with Gasteiger partial charge in [0, 0.05) is 37.5 Å². The van der Waals surface area contributed by atoms with Crippen LogP contribution in [0.1, 0.15) is 53.6 Å². The topological polar surface area (TPSA) is 101 Å². The maximum Gasteiger partial charge on any atom is 0.275 e.